The molecule has 0 saturated carbocycles. The lowest BCUT2D eigenvalue weighted by molar-refractivity contribution is -0.143. The number of aliphatic hydroxyl groups excluding tert-OH is 2. The van der Waals surface area contributed by atoms with Crippen molar-refractivity contribution >= 4 is 11.9 Å². The minimum absolute atomic E-state index is 0.0282. The monoisotopic (exact) mass is 1280 g/mol. The number of amides is 1. The van der Waals surface area contributed by atoms with E-state index >= 15 is 0 Å². The smallest absolute Gasteiger partial charge is 0.305 e. The number of hydrogen-bond donors (Lipinski definition) is 3. The van der Waals surface area contributed by atoms with Gasteiger partial charge < -0.3 is 20.3 Å². The summed E-state index contributed by atoms with van der Waals surface area (Å²) in [7, 11) is 0. The van der Waals surface area contributed by atoms with Crippen molar-refractivity contribution in [3.8, 4) is 0 Å². The van der Waals surface area contributed by atoms with Crippen LogP contribution in [-0.4, -0.2) is 47.4 Å². The fraction of sp³-hybridized carbons (Fsp3) is 0.929. The molecule has 0 spiro atoms. The second kappa shape index (κ2) is 80.8. The summed E-state index contributed by atoms with van der Waals surface area (Å²) in [5.74, 6) is -0.0317. The average molecular weight is 1280 g/mol. The molecule has 0 aliphatic carbocycles. The van der Waals surface area contributed by atoms with E-state index in [9.17, 15) is 19.8 Å². The van der Waals surface area contributed by atoms with E-state index in [1.807, 2.05) is 6.08 Å². The van der Waals surface area contributed by atoms with Gasteiger partial charge in [-0.3, -0.25) is 9.59 Å². The lowest BCUT2D eigenvalue weighted by Crippen LogP contribution is -2.45. The Morgan fingerprint density at radius 3 is 0.780 bits per heavy atom. The molecule has 0 aliphatic rings. The number of unbranched alkanes of at least 4 members (excludes halogenated alkanes) is 67. The highest BCUT2D eigenvalue weighted by Crippen LogP contribution is 2.20. The van der Waals surface area contributed by atoms with Crippen LogP contribution in [0.15, 0.2) is 24.3 Å². The number of carbonyl (C=O) groups is 2. The van der Waals surface area contributed by atoms with E-state index in [4.69, 9.17) is 4.74 Å². The molecule has 6 heteroatoms. The van der Waals surface area contributed by atoms with Crippen LogP contribution in [-0.2, 0) is 14.3 Å². The molecule has 91 heavy (non-hydrogen) atoms. The minimum Gasteiger partial charge on any atom is -0.466 e. The first kappa shape index (κ1) is 89.3. The number of esters is 1. The first-order valence-corrected chi connectivity index (χ1v) is 42.1. The molecule has 2 atom stereocenters. The molecular weight excluding hydrogens is 1110 g/mol. The summed E-state index contributed by atoms with van der Waals surface area (Å²) in [6.07, 6.45) is 105. The van der Waals surface area contributed by atoms with Crippen molar-refractivity contribution in [3.63, 3.8) is 0 Å². The Balaban J connectivity index is 3.31. The lowest BCUT2D eigenvalue weighted by atomic mass is 10.0. The highest BCUT2D eigenvalue weighted by Gasteiger charge is 2.18. The number of aliphatic hydroxyl groups is 2. The molecule has 0 heterocycles. The second-order valence-electron chi connectivity index (χ2n) is 29.2. The highest BCUT2D eigenvalue weighted by molar-refractivity contribution is 5.76. The third kappa shape index (κ3) is 77.2. The Kier molecular flexibility index (Phi) is 79.3. The van der Waals surface area contributed by atoms with Crippen LogP contribution in [0.3, 0.4) is 0 Å². The highest BCUT2D eigenvalue weighted by atomic mass is 16.5. The first-order valence-electron chi connectivity index (χ1n) is 42.1. The third-order valence-corrected chi connectivity index (χ3v) is 20.0. The Morgan fingerprint density at radius 2 is 0.516 bits per heavy atom. The van der Waals surface area contributed by atoms with Gasteiger partial charge in [0, 0.05) is 12.8 Å². The van der Waals surface area contributed by atoms with Crippen LogP contribution in [0.4, 0.5) is 0 Å². The SMILES string of the molecule is CCCCCCCCCCCCCCCC/C=C/C(O)C(CO)NC(=O)CCCCCCCCCCCCCCCCCCC/C=C\CCCCCCCCCCCCCCCCCCCCOC(=O)CCCCCCCCCCCCCCCCCCCCC. The largest absolute Gasteiger partial charge is 0.466 e. The molecule has 0 aromatic carbocycles. The molecule has 0 saturated heterocycles. The Hall–Kier alpha value is -1.66. The van der Waals surface area contributed by atoms with Crippen molar-refractivity contribution < 1.29 is 24.5 Å². The van der Waals surface area contributed by atoms with E-state index in [1.54, 1.807) is 6.08 Å². The van der Waals surface area contributed by atoms with E-state index in [1.165, 1.54) is 417 Å². The molecule has 1 amide bonds. The van der Waals surface area contributed by atoms with Crippen molar-refractivity contribution in [2.24, 2.45) is 0 Å². The number of nitrogens with one attached hydrogen (secondary N) is 1. The quantitative estimate of drug-likeness (QED) is 0.0320. The maximum atomic E-state index is 12.5. The Morgan fingerprint density at radius 1 is 0.297 bits per heavy atom. The van der Waals surface area contributed by atoms with Crippen LogP contribution in [0.5, 0.6) is 0 Å². The molecule has 0 radical (unpaired) electrons. The van der Waals surface area contributed by atoms with Gasteiger partial charge in [0.05, 0.1) is 25.4 Å². The molecule has 0 aromatic rings. The van der Waals surface area contributed by atoms with Gasteiger partial charge in [0.1, 0.15) is 0 Å². The predicted octanol–water partition coefficient (Wildman–Crippen LogP) is 28.0. The molecule has 0 fully saturated rings. The van der Waals surface area contributed by atoms with Gasteiger partial charge in [-0.25, -0.2) is 0 Å². The van der Waals surface area contributed by atoms with Crippen LogP contribution in [0.1, 0.15) is 483 Å². The molecule has 0 rings (SSSR count). The molecule has 0 aromatic heterocycles. The first-order chi connectivity index (χ1) is 45.0. The van der Waals surface area contributed by atoms with Crippen molar-refractivity contribution in [2.75, 3.05) is 13.2 Å². The maximum Gasteiger partial charge on any atom is 0.305 e. The topological polar surface area (TPSA) is 95.9 Å². The van der Waals surface area contributed by atoms with Crippen LogP contribution < -0.4 is 5.32 Å². The number of rotatable bonds is 80. The normalized spacial score (nSPS) is 12.5. The predicted molar refractivity (Wildman–Crippen MR) is 403 cm³/mol. The lowest BCUT2D eigenvalue weighted by Gasteiger charge is -2.20. The summed E-state index contributed by atoms with van der Waals surface area (Å²) < 4.78 is 5.53. The zero-order valence-corrected chi connectivity index (χ0v) is 62.1. The van der Waals surface area contributed by atoms with Crippen LogP contribution >= 0.6 is 0 Å². The minimum atomic E-state index is -0.841. The Bertz CT molecular complexity index is 1430. The van der Waals surface area contributed by atoms with Gasteiger partial charge in [0.25, 0.3) is 0 Å². The van der Waals surface area contributed by atoms with E-state index in [2.05, 4.69) is 31.3 Å². The van der Waals surface area contributed by atoms with E-state index in [0.717, 1.165) is 38.5 Å². The standard InChI is InChI=1S/C85H165NO5/c1-3-5-7-9-11-13-15-17-19-21-43-47-51-55-59-63-67-71-75-79-85(90)91-80-76-72-68-64-60-56-52-48-45-42-40-38-36-34-32-30-28-26-24-22-23-25-27-29-31-33-35-37-39-41-44-46-50-54-58-62-66-70-74-78-84(89)86-82(81-87)83(88)77-73-69-65-61-57-53-49-20-18-16-14-12-10-8-6-4-2/h22-23,73,77,82-83,87-88H,3-21,24-72,74-76,78-81H2,1-2H3,(H,86,89)/b23-22-,77-73+. The summed E-state index contributed by atoms with van der Waals surface area (Å²) in [6.45, 7) is 4.96. The zero-order valence-electron chi connectivity index (χ0n) is 62.1. The number of hydrogen-bond acceptors (Lipinski definition) is 5. The van der Waals surface area contributed by atoms with Gasteiger partial charge >= 0.3 is 5.97 Å². The van der Waals surface area contributed by atoms with Gasteiger partial charge in [0.15, 0.2) is 0 Å². The van der Waals surface area contributed by atoms with Crippen molar-refractivity contribution in [1.29, 1.82) is 0 Å². The molecule has 0 aliphatic heterocycles. The van der Waals surface area contributed by atoms with Gasteiger partial charge in [-0.15, -0.1) is 0 Å². The van der Waals surface area contributed by atoms with Crippen molar-refractivity contribution in [1.82, 2.24) is 5.32 Å². The van der Waals surface area contributed by atoms with Crippen LogP contribution in [0.25, 0.3) is 0 Å². The third-order valence-electron chi connectivity index (χ3n) is 20.0. The molecule has 3 N–H and O–H groups in total. The Labute approximate surface area is 571 Å². The van der Waals surface area contributed by atoms with E-state index < -0.39 is 12.1 Å². The number of allylic oxidation sites excluding steroid dienone is 3. The van der Waals surface area contributed by atoms with Gasteiger partial charge in [-0.2, -0.15) is 0 Å². The summed E-state index contributed by atoms with van der Waals surface area (Å²) >= 11 is 0. The fourth-order valence-electron chi connectivity index (χ4n) is 13.6. The fourth-order valence-corrected chi connectivity index (χ4v) is 13.6. The molecular formula is C85H165NO5. The van der Waals surface area contributed by atoms with Gasteiger partial charge in [-0.05, 0) is 57.8 Å². The number of carbonyl (C=O) groups excluding carboxylic acids is 2. The zero-order chi connectivity index (χ0) is 65.6. The second-order valence-corrected chi connectivity index (χ2v) is 29.2. The average Bonchev–Trinajstić information content (AvgIpc) is 3.56. The van der Waals surface area contributed by atoms with Crippen molar-refractivity contribution in [2.45, 2.75) is 495 Å². The van der Waals surface area contributed by atoms with Crippen molar-refractivity contribution in [3.05, 3.63) is 24.3 Å². The molecule has 2 unspecified atom stereocenters. The number of ether oxygens (including phenoxy) is 1. The molecule has 6 nitrogen and oxygen atoms in total. The summed E-state index contributed by atoms with van der Waals surface area (Å²) in [5.41, 5.74) is 0. The van der Waals surface area contributed by atoms with Crippen LogP contribution in [0, 0.1) is 0 Å². The van der Waals surface area contributed by atoms with Gasteiger partial charge in [0.2, 0.25) is 5.91 Å². The maximum absolute atomic E-state index is 12.5. The molecule has 0 bridgehead atoms. The summed E-state index contributed by atoms with van der Waals surface area (Å²) in [4.78, 5) is 24.7. The molecule has 540 valence electrons. The van der Waals surface area contributed by atoms with E-state index in [-0.39, 0.29) is 18.5 Å². The summed E-state index contributed by atoms with van der Waals surface area (Å²) in [5, 5.41) is 23.2. The van der Waals surface area contributed by atoms with Gasteiger partial charge in [-0.1, -0.05) is 436 Å². The van der Waals surface area contributed by atoms with E-state index in [0.29, 0.717) is 19.4 Å². The summed E-state index contributed by atoms with van der Waals surface area (Å²) in [6, 6.07) is -0.624. The van der Waals surface area contributed by atoms with Crippen LogP contribution in [0.2, 0.25) is 0 Å².